The number of fused-ring (bicyclic) bond motifs is 1. The van der Waals surface area contributed by atoms with Crippen LogP contribution in [-0.4, -0.2) is 29.6 Å². The average Bonchev–Trinajstić information content (AvgIpc) is 2.61. The van der Waals surface area contributed by atoms with E-state index in [0.29, 0.717) is 33.7 Å². The number of rotatable bonds is 4. The van der Waals surface area contributed by atoms with Gasteiger partial charge in [0.05, 0.1) is 30.8 Å². The molecule has 122 valence electrons. The van der Waals surface area contributed by atoms with Gasteiger partial charge in [-0.1, -0.05) is 12.1 Å². The van der Waals surface area contributed by atoms with Crippen LogP contribution in [0.2, 0.25) is 0 Å². The van der Waals surface area contributed by atoms with E-state index in [-0.39, 0.29) is 11.3 Å². The van der Waals surface area contributed by atoms with Gasteiger partial charge in [-0.2, -0.15) is 0 Å². The van der Waals surface area contributed by atoms with E-state index in [4.69, 9.17) is 9.47 Å². The number of methoxy groups -OCH3 is 2. The first-order valence-corrected chi connectivity index (χ1v) is 7.30. The van der Waals surface area contributed by atoms with E-state index < -0.39 is 0 Å². The molecule has 1 aromatic heterocycles. The second-order valence-corrected chi connectivity index (χ2v) is 5.25. The van der Waals surface area contributed by atoms with E-state index >= 15 is 0 Å². The second kappa shape index (κ2) is 6.16. The van der Waals surface area contributed by atoms with Gasteiger partial charge in [0.25, 0.3) is 5.56 Å². The summed E-state index contributed by atoms with van der Waals surface area (Å²) >= 11 is 0. The molecule has 0 radical (unpaired) electrons. The molecule has 0 bridgehead atoms. The molecule has 0 amide bonds. The predicted molar refractivity (Wildman–Crippen MR) is 90.4 cm³/mol. The van der Waals surface area contributed by atoms with Crippen molar-refractivity contribution in [3.63, 3.8) is 0 Å². The third kappa shape index (κ3) is 2.62. The van der Waals surface area contributed by atoms with Gasteiger partial charge in [-0.05, 0) is 25.1 Å². The average molecular weight is 324 g/mol. The highest BCUT2D eigenvalue weighted by Crippen LogP contribution is 2.30. The maximum atomic E-state index is 12.8. The topological polar surface area (TPSA) is 70.4 Å². The van der Waals surface area contributed by atoms with Gasteiger partial charge in [-0.15, -0.1) is 0 Å². The van der Waals surface area contributed by atoms with E-state index in [9.17, 15) is 9.59 Å². The Morgan fingerprint density at radius 2 is 1.79 bits per heavy atom. The van der Waals surface area contributed by atoms with Gasteiger partial charge in [0.1, 0.15) is 6.33 Å². The van der Waals surface area contributed by atoms with Crippen LogP contribution in [0.15, 0.2) is 47.5 Å². The monoisotopic (exact) mass is 324 g/mol. The number of benzene rings is 2. The second-order valence-electron chi connectivity index (χ2n) is 5.25. The number of carbonyl (C=O) groups excluding carboxylic acids is 1. The standard InChI is InChI=1S/C18H16N2O4/c1-11(21)12-5-4-6-13(7-12)20-10-19-15-9-17(24-3)16(23-2)8-14(15)18(20)22/h4-10H,1-3H3. The molecule has 1 heterocycles. The van der Waals surface area contributed by atoms with Crippen LogP contribution in [0.3, 0.4) is 0 Å². The number of hydrogen-bond acceptors (Lipinski definition) is 5. The van der Waals surface area contributed by atoms with Crippen LogP contribution in [0, 0.1) is 0 Å². The zero-order valence-corrected chi connectivity index (χ0v) is 13.6. The van der Waals surface area contributed by atoms with Gasteiger partial charge >= 0.3 is 0 Å². The van der Waals surface area contributed by atoms with Crippen LogP contribution < -0.4 is 15.0 Å². The third-order valence-corrected chi connectivity index (χ3v) is 3.79. The van der Waals surface area contributed by atoms with Crippen molar-refractivity contribution in [2.75, 3.05) is 14.2 Å². The number of nitrogens with zero attached hydrogens (tertiary/aromatic N) is 2. The number of aromatic nitrogens is 2. The Hall–Kier alpha value is -3.15. The van der Waals surface area contributed by atoms with Gasteiger partial charge in [0, 0.05) is 11.6 Å². The smallest absolute Gasteiger partial charge is 0.265 e. The molecule has 0 fully saturated rings. The summed E-state index contributed by atoms with van der Waals surface area (Å²) in [5.41, 5.74) is 1.38. The molecule has 0 aliphatic heterocycles. The molecule has 24 heavy (non-hydrogen) atoms. The summed E-state index contributed by atoms with van der Waals surface area (Å²) in [7, 11) is 3.03. The fraction of sp³-hybridized carbons (Fsp3) is 0.167. The zero-order valence-electron chi connectivity index (χ0n) is 13.6. The minimum absolute atomic E-state index is 0.0648. The minimum atomic E-state index is -0.248. The molecular formula is C18H16N2O4. The molecule has 0 saturated carbocycles. The van der Waals surface area contributed by atoms with Gasteiger partial charge < -0.3 is 9.47 Å². The van der Waals surface area contributed by atoms with Gasteiger partial charge in [0.15, 0.2) is 17.3 Å². The summed E-state index contributed by atoms with van der Waals surface area (Å²) in [6, 6.07) is 10.1. The Bertz CT molecular complexity index is 992. The number of hydrogen-bond donors (Lipinski definition) is 0. The van der Waals surface area contributed by atoms with E-state index in [1.807, 2.05) is 0 Å². The number of carbonyl (C=O) groups is 1. The fourth-order valence-electron chi connectivity index (χ4n) is 2.51. The lowest BCUT2D eigenvalue weighted by Gasteiger charge is -2.11. The third-order valence-electron chi connectivity index (χ3n) is 3.79. The lowest BCUT2D eigenvalue weighted by Crippen LogP contribution is -2.19. The highest BCUT2D eigenvalue weighted by molar-refractivity contribution is 5.94. The molecule has 0 aliphatic carbocycles. The van der Waals surface area contributed by atoms with Crippen molar-refractivity contribution in [3.8, 4) is 17.2 Å². The Labute approximate surface area is 138 Å². The molecular weight excluding hydrogens is 308 g/mol. The Morgan fingerprint density at radius 3 is 2.46 bits per heavy atom. The van der Waals surface area contributed by atoms with Crippen LogP contribution >= 0.6 is 0 Å². The number of ether oxygens (including phenoxy) is 2. The summed E-state index contributed by atoms with van der Waals surface area (Å²) in [6.45, 7) is 1.48. The molecule has 2 aromatic carbocycles. The lowest BCUT2D eigenvalue weighted by atomic mass is 10.1. The molecule has 3 aromatic rings. The first-order valence-electron chi connectivity index (χ1n) is 7.30. The molecule has 6 heteroatoms. The molecule has 6 nitrogen and oxygen atoms in total. The molecule has 0 atom stereocenters. The van der Waals surface area contributed by atoms with E-state index in [1.165, 1.54) is 32.0 Å². The summed E-state index contributed by atoms with van der Waals surface area (Å²) in [4.78, 5) is 28.7. The van der Waals surface area contributed by atoms with Crippen molar-refractivity contribution in [2.24, 2.45) is 0 Å². The fourth-order valence-corrected chi connectivity index (χ4v) is 2.51. The number of Topliss-reactive ketones (excluding diaryl/α,β-unsaturated/α-hetero) is 1. The van der Waals surface area contributed by atoms with Crippen molar-refractivity contribution in [3.05, 3.63) is 58.6 Å². The summed E-state index contributed by atoms with van der Waals surface area (Å²) in [5.74, 6) is 0.900. The van der Waals surface area contributed by atoms with Crippen LogP contribution in [-0.2, 0) is 0 Å². The van der Waals surface area contributed by atoms with Crippen molar-refractivity contribution in [1.29, 1.82) is 0 Å². The quantitative estimate of drug-likeness (QED) is 0.690. The molecule has 0 spiro atoms. The lowest BCUT2D eigenvalue weighted by molar-refractivity contribution is 0.101. The summed E-state index contributed by atoms with van der Waals surface area (Å²) in [6.07, 6.45) is 1.44. The SMILES string of the molecule is COc1cc2ncn(-c3cccc(C(C)=O)c3)c(=O)c2cc1OC. The van der Waals surface area contributed by atoms with Crippen LogP contribution in [0.5, 0.6) is 11.5 Å². The van der Waals surface area contributed by atoms with Crippen molar-refractivity contribution in [2.45, 2.75) is 6.92 Å². The Balaban J connectivity index is 2.24. The summed E-state index contributed by atoms with van der Waals surface area (Å²) in [5, 5.41) is 0.406. The Morgan fingerprint density at radius 1 is 1.08 bits per heavy atom. The zero-order chi connectivity index (χ0) is 17.3. The molecule has 0 N–H and O–H groups in total. The van der Waals surface area contributed by atoms with E-state index in [1.54, 1.807) is 36.4 Å². The van der Waals surface area contributed by atoms with Crippen molar-refractivity contribution < 1.29 is 14.3 Å². The molecule has 3 rings (SSSR count). The Kier molecular flexibility index (Phi) is 4.04. The molecule has 0 aliphatic rings. The van der Waals surface area contributed by atoms with Crippen LogP contribution in [0.1, 0.15) is 17.3 Å². The van der Waals surface area contributed by atoms with E-state index in [0.717, 1.165) is 0 Å². The maximum absolute atomic E-state index is 12.8. The van der Waals surface area contributed by atoms with Crippen molar-refractivity contribution in [1.82, 2.24) is 9.55 Å². The van der Waals surface area contributed by atoms with Gasteiger partial charge in [-0.3, -0.25) is 14.2 Å². The van der Waals surface area contributed by atoms with Crippen LogP contribution in [0.25, 0.3) is 16.6 Å². The summed E-state index contributed by atoms with van der Waals surface area (Å²) < 4.78 is 11.9. The maximum Gasteiger partial charge on any atom is 0.265 e. The highest BCUT2D eigenvalue weighted by Gasteiger charge is 2.12. The normalized spacial score (nSPS) is 10.6. The minimum Gasteiger partial charge on any atom is -0.493 e. The number of ketones is 1. The van der Waals surface area contributed by atoms with Gasteiger partial charge in [0.2, 0.25) is 0 Å². The molecule has 0 saturated heterocycles. The first kappa shape index (κ1) is 15.7. The van der Waals surface area contributed by atoms with Crippen LogP contribution in [0.4, 0.5) is 0 Å². The first-order chi connectivity index (χ1) is 11.5. The predicted octanol–water partition coefficient (Wildman–Crippen LogP) is 2.61. The van der Waals surface area contributed by atoms with Crippen molar-refractivity contribution >= 4 is 16.7 Å². The highest BCUT2D eigenvalue weighted by atomic mass is 16.5. The molecule has 0 unspecified atom stereocenters. The van der Waals surface area contributed by atoms with Gasteiger partial charge in [-0.25, -0.2) is 4.98 Å². The largest absolute Gasteiger partial charge is 0.493 e. The van der Waals surface area contributed by atoms with E-state index in [2.05, 4.69) is 4.98 Å².